The smallest absolute Gasteiger partial charge is 0.184 e. The number of nitrogens with two attached hydrogens (primary N) is 1. The summed E-state index contributed by atoms with van der Waals surface area (Å²) in [5.74, 6) is -0.0121. The lowest BCUT2D eigenvalue weighted by Gasteiger charge is -1.96. The molecule has 0 unspecified atom stereocenters. The number of rotatable bonds is 0. The predicted molar refractivity (Wildman–Crippen MR) is 41.2 cm³/mol. The number of nitrogen functional groups attached to an aromatic ring is 1. The molecule has 6 heteroatoms. The summed E-state index contributed by atoms with van der Waals surface area (Å²) in [5.41, 5.74) is 5.25. The maximum atomic E-state index is 8.40. The third kappa shape index (κ3) is 1.50. The van der Waals surface area contributed by atoms with Gasteiger partial charge in [0.1, 0.15) is 6.07 Å². The van der Waals surface area contributed by atoms with Gasteiger partial charge in [-0.2, -0.15) is 5.26 Å². The predicted octanol–water partition coefficient (Wildman–Crippen LogP) is 1.24. The first kappa shape index (κ1) is 8.05. The molecule has 4 nitrogen and oxygen atoms in total. The van der Waals surface area contributed by atoms with E-state index in [1.54, 1.807) is 6.07 Å². The van der Waals surface area contributed by atoms with E-state index in [0.717, 1.165) is 0 Å². The highest BCUT2D eigenvalue weighted by atomic mass is 35.5. The first-order chi connectivity index (χ1) is 5.15. The molecule has 0 spiro atoms. The van der Waals surface area contributed by atoms with Crippen LogP contribution in [0.1, 0.15) is 5.69 Å². The standard InChI is InChI=1S/C5H2Cl2N4/c6-3-4(7)11-5(9)2(1-8)10-3/h(H2,9,11). The zero-order chi connectivity index (χ0) is 8.43. The summed E-state index contributed by atoms with van der Waals surface area (Å²) in [5, 5.41) is 8.39. The van der Waals surface area contributed by atoms with Crippen LogP contribution in [0.15, 0.2) is 0 Å². The van der Waals surface area contributed by atoms with Gasteiger partial charge in [0, 0.05) is 0 Å². The largest absolute Gasteiger partial charge is 0.381 e. The van der Waals surface area contributed by atoms with E-state index in [-0.39, 0.29) is 21.8 Å². The van der Waals surface area contributed by atoms with Crippen LogP contribution in [-0.4, -0.2) is 9.97 Å². The fraction of sp³-hybridized carbons (Fsp3) is 0. The van der Waals surface area contributed by atoms with Crippen LogP contribution >= 0.6 is 23.2 Å². The minimum Gasteiger partial charge on any atom is -0.381 e. The van der Waals surface area contributed by atoms with E-state index in [1.807, 2.05) is 0 Å². The summed E-state index contributed by atoms with van der Waals surface area (Å²) in [6.07, 6.45) is 0. The van der Waals surface area contributed by atoms with Crippen LogP contribution in [0.5, 0.6) is 0 Å². The number of aromatic nitrogens is 2. The average Bonchev–Trinajstić information content (AvgIpc) is 1.97. The number of hydrogen-bond donors (Lipinski definition) is 1. The SMILES string of the molecule is N#Cc1nc(Cl)c(Cl)nc1N. The molecule has 11 heavy (non-hydrogen) atoms. The molecule has 0 bridgehead atoms. The highest BCUT2D eigenvalue weighted by molar-refractivity contribution is 6.40. The summed E-state index contributed by atoms with van der Waals surface area (Å²) in [4.78, 5) is 7.15. The van der Waals surface area contributed by atoms with Crippen LogP contribution in [0, 0.1) is 11.3 Å². The lowest BCUT2D eigenvalue weighted by atomic mass is 10.4. The van der Waals surface area contributed by atoms with E-state index in [0.29, 0.717) is 0 Å². The normalized spacial score (nSPS) is 9.18. The Bertz CT molecular complexity index is 330. The zero-order valence-electron chi connectivity index (χ0n) is 5.17. The van der Waals surface area contributed by atoms with Crippen molar-refractivity contribution in [1.29, 1.82) is 5.26 Å². The van der Waals surface area contributed by atoms with E-state index >= 15 is 0 Å². The van der Waals surface area contributed by atoms with Crippen molar-refractivity contribution in [3.05, 3.63) is 16.0 Å². The second-order valence-corrected chi connectivity index (χ2v) is 2.37. The van der Waals surface area contributed by atoms with Crippen molar-refractivity contribution in [3.8, 4) is 6.07 Å². The summed E-state index contributed by atoms with van der Waals surface area (Å²) in [6, 6.07) is 1.72. The maximum absolute atomic E-state index is 8.40. The second kappa shape index (κ2) is 2.91. The van der Waals surface area contributed by atoms with Gasteiger partial charge in [0.15, 0.2) is 21.8 Å². The van der Waals surface area contributed by atoms with Crippen molar-refractivity contribution >= 4 is 29.0 Å². The number of nitriles is 1. The monoisotopic (exact) mass is 188 g/mol. The van der Waals surface area contributed by atoms with Gasteiger partial charge in [-0.1, -0.05) is 23.2 Å². The van der Waals surface area contributed by atoms with Gasteiger partial charge in [-0.25, -0.2) is 9.97 Å². The molecule has 1 aromatic heterocycles. The molecule has 0 aliphatic carbocycles. The molecular weight excluding hydrogens is 187 g/mol. The number of nitrogens with zero attached hydrogens (tertiary/aromatic N) is 3. The molecule has 0 atom stereocenters. The fourth-order valence-corrected chi connectivity index (χ4v) is 0.749. The minimum absolute atomic E-state index is 0.00293. The molecule has 0 radical (unpaired) electrons. The molecule has 1 rings (SSSR count). The van der Waals surface area contributed by atoms with E-state index in [4.69, 9.17) is 34.2 Å². The average molecular weight is 189 g/mol. The van der Waals surface area contributed by atoms with Crippen LogP contribution in [0.2, 0.25) is 10.3 Å². The Balaban J connectivity index is 3.35. The van der Waals surface area contributed by atoms with Gasteiger partial charge < -0.3 is 5.73 Å². The molecule has 0 fully saturated rings. The Labute approximate surface area is 72.6 Å². The van der Waals surface area contributed by atoms with Gasteiger partial charge in [-0.3, -0.25) is 0 Å². The molecular formula is C5H2Cl2N4. The maximum Gasteiger partial charge on any atom is 0.184 e. The molecule has 0 saturated carbocycles. The Kier molecular flexibility index (Phi) is 2.13. The van der Waals surface area contributed by atoms with Crippen molar-refractivity contribution in [1.82, 2.24) is 9.97 Å². The van der Waals surface area contributed by atoms with E-state index < -0.39 is 0 Å². The van der Waals surface area contributed by atoms with Gasteiger partial charge in [-0.05, 0) is 0 Å². The lowest BCUT2D eigenvalue weighted by Crippen LogP contribution is -1.98. The quantitative estimate of drug-likeness (QED) is 0.665. The van der Waals surface area contributed by atoms with Gasteiger partial charge in [-0.15, -0.1) is 0 Å². The first-order valence-electron chi connectivity index (χ1n) is 2.53. The Hall–Kier alpha value is -1.05. The third-order valence-corrected chi connectivity index (χ3v) is 1.57. The summed E-state index contributed by atoms with van der Waals surface area (Å²) >= 11 is 10.9. The van der Waals surface area contributed by atoms with Crippen LogP contribution < -0.4 is 5.73 Å². The summed E-state index contributed by atoms with van der Waals surface area (Å²) < 4.78 is 0. The Morgan fingerprint density at radius 2 is 1.82 bits per heavy atom. The summed E-state index contributed by atoms with van der Waals surface area (Å²) in [7, 11) is 0. The van der Waals surface area contributed by atoms with Crippen LogP contribution in [0.3, 0.4) is 0 Å². The van der Waals surface area contributed by atoms with Gasteiger partial charge in [0.25, 0.3) is 0 Å². The van der Waals surface area contributed by atoms with Crippen molar-refractivity contribution in [2.24, 2.45) is 0 Å². The molecule has 0 aliphatic heterocycles. The minimum atomic E-state index is -0.0163. The topological polar surface area (TPSA) is 75.6 Å². The third-order valence-electron chi connectivity index (χ3n) is 0.947. The molecule has 0 saturated heterocycles. The molecule has 2 N–H and O–H groups in total. The molecule has 1 heterocycles. The molecule has 0 aromatic carbocycles. The van der Waals surface area contributed by atoms with E-state index in [2.05, 4.69) is 9.97 Å². The fourth-order valence-electron chi connectivity index (χ4n) is 0.489. The van der Waals surface area contributed by atoms with Crippen molar-refractivity contribution < 1.29 is 0 Å². The molecule has 0 aliphatic rings. The number of hydrogen-bond acceptors (Lipinski definition) is 4. The van der Waals surface area contributed by atoms with Gasteiger partial charge >= 0.3 is 0 Å². The zero-order valence-corrected chi connectivity index (χ0v) is 6.69. The Morgan fingerprint density at radius 3 is 2.36 bits per heavy atom. The highest BCUT2D eigenvalue weighted by Gasteiger charge is 2.06. The van der Waals surface area contributed by atoms with Crippen molar-refractivity contribution in [2.75, 3.05) is 5.73 Å². The van der Waals surface area contributed by atoms with Gasteiger partial charge in [0.2, 0.25) is 0 Å². The van der Waals surface area contributed by atoms with E-state index in [1.165, 1.54) is 0 Å². The van der Waals surface area contributed by atoms with Crippen molar-refractivity contribution in [3.63, 3.8) is 0 Å². The van der Waals surface area contributed by atoms with E-state index in [9.17, 15) is 0 Å². The summed E-state index contributed by atoms with van der Waals surface area (Å²) in [6.45, 7) is 0. The number of anilines is 1. The second-order valence-electron chi connectivity index (χ2n) is 1.65. The number of halogens is 2. The van der Waals surface area contributed by atoms with Crippen LogP contribution in [-0.2, 0) is 0 Å². The lowest BCUT2D eigenvalue weighted by molar-refractivity contribution is 1.17. The molecule has 1 aromatic rings. The van der Waals surface area contributed by atoms with Crippen molar-refractivity contribution in [2.45, 2.75) is 0 Å². The first-order valence-corrected chi connectivity index (χ1v) is 3.29. The van der Waals surface area contributed by atoms with Crippen LogP contribution in [0.25, 0.3) is 0 Å². The van der Waals surface area contributed by atoms with Gasteiger partial charge in [0.05, 0.1) is 0 Å². The highest BCUT2D eigenvalue weighted by Crippen LogP contribution is 2.19. The Morgan fingerprint density at radius 1 is 1.27 bits per heavy atom. The molecule has 0 amide bonds. The molecule has 56 valence electrons. The van der Waals surface area contributed by atoms with Crippen LogP contribution in [0.4, 0.5) is 5.82 Å².